The summed E-state index contributed by atoms with van der Waals surface area (Å²) in [4.78, 5) is 89.8. The fourth-order valence-electron chi connectivity index (χ4n) is 9.66. The molecule has 1 saturated heterocycles. The number of imide groups is 2. The standard InChI is InChI=1S/C54H66N6O8/c1-33(2)25-45(59-51(65)39-19-17-35(5)27-41(39)53(59)67)49(63)55-43(29-37-13-9-7-10-14-37)47(61)31-57-21-23-58(24-22-57)32-48(62)44(30-38-15-11-8-12-16-38)56-50(64)46(26-34(3)4)60-52(66)40-20-18-36(6)28-42(40)54(60)68/h7-20,27-28,33-34,43-48,61-62H,21-26,29-32H2,1-6H3,(H,55,63)(H,56,64)/t43-,44+,45-,46-,47+,48-/m0/s1. The average Bonchev–Trinajstić information content (AvgIpc) is 3.69. The number of hydrogen-bond acceptors (Lipinski definition) is 10. The van der Waals surface area contributed by atoms with E-state index in [4.69, 9.17) is 0 Å². The van der Waals surface area contributed by atoms with Crippen LogP contribution in [-0.2, 0) is 22.4 Å². The number of aliphatic hydroxyl groups is 2. The van der Waals surface area contributed by atoms with Crippen molar-refractivity contribution in [3.05, 3.63) is 142 Å². The first-order chi connectivity index (χ1) is 32.5. The molecule has 0 bridgehead atoms. The molecule has 3 heterocycles. The van der Waals surface area contributed by atoms with Crippen LogP contribution in [0.15, 0.2) is 97.1 Å². The summed E-state index contributed by atoms with van der Waals surface area (Å²) in [6.07, 6.45) is -0.908. The molecule has 14 nitrogen and oxygen atoms in total. The van der Waals surface area contributed by atoms with E-state index in [0.29, 0.717) is 39.0 Å². The van der Waals surface area contributed by atoms with Gasteiger partial charge in [-0.1, -0.05) is 112 Å². The first-order valence-electron chi connectivity index (χ1n) is 24.0. The summed E-state index contributed by atoms with van der Waals surface area (Å²) in [6.45, 7) is 14.1. The Morgan fingerprint density at radius 1 is 0.515 bits per heavy atom. The van der Waals surface area contributed by atoms with E-state index in [-0.39, 0.29) is 60.0 Å². The molecule has 68 heavy (non-hydrogen) atoms. The molecule has 6 atom stereocenters. The van der Waals surface area contributed by atoms with Gasteiger partial charge in [-0.15, -0.1) is 0 Å². The van der Waals surface area contributed by atoms with Crippen molar-refractivity contribution in [2.45, 2.75) is 104 Å². The fourth-order valence-corrected chi connectivity index (χ4v) is 9.66. The molecule has 6 amide bonds. The van der Waals surface area contributed by atoms with E-state index >= 15 is 0 Å². The Morgan fingerprint density at radius 2 is 0.853 bits per heavy atom. The summed E-state index contributed by atoms with van der Waals surface area (Å²) in [7, 11) is 0. The molecular formula is C54H66N6O8. The summed E-state index contributed by atoms with van der Waals surface area (Å²) in [5.74, 6) is -3.07. The number of aliphatic hydroxyl groups excluding tert-OH is 2. The lowest BCUT2D eigenvalue weighted by atomic mass is 9.97. The average molecular weight is 927 g/mol. The SMILES string of the molecule is Cc1ccc2c(c1)C(=O)N([C@@H](CC(C)C)C(=O)N[C@@H](Cc1ccccc1)[C@H](O)CN1CCN(C[C@H](O)[C@@H](Cc3ccccc3)NC(=O)[C@H](CC(C)C)N3C(=O)c4ccc(C)cc4C3=O)CC1)C2=O. The van der Waals surface area contributed by atoms with Crippen LogP contribution in [0.5, 0.6) is 0 Å². The van der Waals surface area contributed by atoms with Crippen molar-refractivity contribution in [2.75, 3.05) is 39.3 Å². The van der Waals surface area contributed by atoms with Crippen molar-refractivity contribution in [1.29, 1.82) is 0 Å². The van der Waals surface area contributed by atoms with Gasteiger partial charge in [0, 0.05) is 39.3 Å². The molecule has 14 heteroatoms. The quantitative estimate of drug-likeness (QED) is 0.0899. The second kappa shape index (κ2) is 21.9. The summed E-state index contributed by atoms with van der Waals surface area (Å²) in [5.41, 5.74) is 4.58. The highest BCUT2D eigenvalue weighted by Gasteiger charge is 2.45. The molecule has 1 fully saturated rings. The Labute approximate surface area is 399 Å². The predicted molar refractivity (Wildman–Crippen MR) is 259 cm³/mol. The van der Waals surface area contributed by atoms with Gasteiger partial charge in [0.15, 0.2) is 0 Å². The van der Waals surface area contributed by atoms with Crippen LogP contribution in [0.25, 0.3) is 0 Å². The minimum absolute atomic E-state index is 0.0232. The third-order valence-corrected chi connectivity index (χ3v) is 13.3. The van der Waals surface area contributed by atoms with Gasteiger partial charge in [0.25, 0.3) is 23.6 Å². The van der Waals surface area contributed by atoms with E-state index in [1.807, 2.05) is 102 Å². The maximum Gasteiger partial charge on any atom is 0.262 e. The molecule has 4 aromatic rings. The van der Waals surface area contributed by atoms with Gasteiger partial charge in [0.2, 0.25) is 11.8 Å². The van der Waals surface area contributed by atoms with Gasteiger partial charge in [-0.2, -0.15) is 0 Å². The number of aryl methyl sites for hydroxylation is 2. The molecule has 7 rings (SSSR count). The molecule has 3 aliphatic heterocycles. The van der Waals surface area contributed by atoms with Crippen molar-refractivity contribution in [3.63, 3.8) is 0 Å². The monoisotopic (exact) mass is 926 g/mol. The van der Waals surface area contributed by atoms with Gasteiger partial charge in [-0.05, 0) is 86.8 Å². The first kappa shape index (κ1) is 49.8. The van der Waals surface area contributed by atoms with Crippen LogP contribution >= 0.6 is 0 Å². The second-order valence-corrected chi connectivity index (χ2v) is 19.7. The zero-order valence-electron chi connectivity index (χ0n) is 40.1. The number of hydrogen-bond donors (Lipinski definition) is 4. The molecule has 0 unspecified atom stereocenters. The van der Waals surface area contributed by atoms with Crippen molar-refractivity contribution in [1.82, 2.24) is 30.2 Å². The third kappa shape index (κ3) is 11.6. The lowest BCUT2D eigenvalue weighted by Gasteiger charge is -2.39. The minimum Gasteiger partial charge on any atom is -0.390 e. The predicted octanol–water partition coefficient (Wildman–Crippen LogP) is 4.82. The van der Waals surface area contributed by atoms with Crippen molar-refractivity contribution >= 4 is 35.4 Å². The normalized spacial score (nSPS) is 18.1. The van der Waals surface area contributed by atoms with Crippen LogP contribution in [0, 0.1) is 25.7 Å². The molecule has 0 aliphatic carbocycles. The highest BCUT2D eigenvalue weighted by molar-refractivity contribution is 6.23. The van der Waals surface area contributed by atoms with E-state index < -0.39 is 71.8 Å². The zero-order valence-corrected chi connectivity index (χ0v) is 40.1. The topological polar surface area (TPSA) is 180 Å². The number of nitrogens with zero attached hydrogens (tertiary/aromatic N) is 4. The van der Waals surface area contributed by atoms with Gasteiger partial charge in [0.05, 0.1) is 46.5 Å². The Bertz CT molecular complexity index is 2300. The highest BCUT2D eigenvalue weighted by Crippen LogP contribution is 2.30. The lowest BCUT2D eigenvalue weighted by Crippen LogP contribution is -2.59. The summed E-state index contributed by atoms with van der Waals surface area (Å²) in [5, 5.41) is 30.0. The number of fused-ring (bicyclic) bond motifs is 2. The smallest absolute Gasteiger partial charge is 0.262 e. The van der Waals surface area contributed by atoms with Crippen LogP contribution in [0.2, 0.25) is 0 Å². The van der Waals surface area contributed by atoms with E-state index in [1.54, 1.807) is 36.4 Å². The van der Waals surface area contributed by atoms with Gasteiger partial charge >= 0.3 is 0 Å². The number of benzene rings is 4. The Kier molecular flexibility index (Phi) is 16.1. The molecule has 0 spiro atoms. The number of nitrogens with one attached hydrogen (secondary N) is 2. The molecule has 3 aliphatic rings. The number of piperazine rings is 1. The molecule has 360 valence electrons. The molecule has 0 saturated carbocycles. The van der Waals surface area contributed by atoms with E-state index in [2.05, 4.69) is 20.4 Å². The first-order valence-corrected chi connectivity index (χ1v) is 24.0. The molecule has 4 N–H and O–H groups in total. The summed E-state index contributed by atoms with van der Waals surface area (Å²) >= 11 is 0. The second-order valence-electron chi connectivity index (χ2n) is 19.7. The van der Waals surface area contributed by atoms with Gasteiger partial charge in [-0.3, -0.25) is 48.4 Å². The van der Waals surface area contributed by atoms with E-state index in [9.17, 15) is 39.0 Å². The van der Waals surface area contributed by atoms with Gasteiger partial charge in [-0.25, -0.2) is 0 Å². The Balaban J connectivity index is 1.01. The number of β-amino-alcohol motifs (C(OH)–C–C–N with tert-alkyl or cyclic N) is 2. The number of carbonyl (C=O) groups excluding carboxylic acids is 6. The fraction of sp³-hybridized carbons (Fsp3) is 0.444. The molecular weight excluding hydrogens is 861 g/mol. The van der Waals surface area contributed by atoms with Gasteiger partial charge < -0.3 is 20.8 Å². The largest absolute Gasteiger partial charge is 0.390 e. The highest BCUT2D eigenvalue weighted by atomic mass is 16.3. The minimum atomic E-state index is -1.08. The molecule has 4 aromatic carbocycles. The molecule has 0 aromatic heterocycles. The number of rotatable bonds is 20. The van der Waals surface area contributed by atoms with Crippen LogP contribution in [-0.4, -0.2) is 141 Å². The van der Waals surface area contributed by atoms with Crippen molar-refractivity contribution in [3.8, 4) is 0 Å². The third-order valence-electron chi connectivity index (χ3n) is 13.3. The van der Waals surface area contributed by atoms with Gasteiger partial charge in [0.1, 0.15) is 12.1 Å². The maximum atomic E-state index is 14.3. The summed E-state index contributed by atoms with van der Waals surface area (Å²) < 4.78 is 0. The summed E-state index contributed by atoms with van der Waals surface area (Å²) in [6, 6.07) is 25.6. The van der Waals surface area contributed by atoms with Crippen molar-refractivity contribution in [2.24, 2.45) is 11.8 Å². The van der Waals surface area contributed by atoms with Crippen LogP contribution in [0.3, 0.4) is 0 Å². The zero-order chi connectivity index (χ0) is 48.8. The lowest BCUT2D eigenvalue weighted by molar-refractivity contribution is -0.128. The Morgan fingerprint density at radius 3 is 1.19 bits per heavy atom. The van der Waals surface area contributed by atoms with Crippen molar-refractivity contribution < 1.29 is 39.0 Å². The van der Waals surface area contributed by atoms with Crippen LogP contribution in [0.4, 0.5) is 0 Å². The van der Waals surface area contributed by atoms with Crippen LogP contribution in [0.1, 0.15) is 104 Å². The number of carbonyl (C=O) groups is 6. The Hall–Kier alpha value is -6.06. The molecule has 0 radical (unpaired) electrons. The van der Waals surface area contributed by atoms with E-state index in [1.165, 1.54) is 0 Å². The number of amides is 6. The maximum absolute atomic E-state index is 14.3. The van der Waals surface area contributed by atoms with E-state index in [0.717, 1.165) is 32.1 Å². The van der Waals surface area contributed by atoms with Crippen LogP contribution < -0.4 is 10.6 Å².